The molecule has 6 nitrogen and oxygen atoms in total. The van der Waals surface area contributed by atoms with Gasteiger partial charge in [-0.3, -0.25) is 4.79 Å². The van der Waals surface area contributed by atoms with Crippen LogP contribution in [0.2, 0.25) is 0 Å². The van der Waals surface area contributed by atoms with E-state index in [0.29, 0.717) is 17.7 Å². The van der Waals surface area contributed by atoms with Crippen LogP contribution in [0.3, 0.4) is 0 Å². The average molecular weight is 368 g/mol. The van der Waals surface area contributed by atoms with Crippen LogP contribution in [0.1, 0.15) is 29.9 Å². The van der Waals surface area contributed by atoms with Crippen molar-refractivity contribution in [1.29, 1.82) is 0 Å². The van der Waals surface area contributed by atoms with Crippen LogP contribution in [0, 0.1) is 6.92 Å². The highest BCUT2D eigenvalue weighted by atomic mass is 32.2. The summed E-state index contributed by atoms with van der Waals surface area (Å²) in [6.07, 6.45) is -0.390. The van der Waals surface area contributed by atoms with Gasteiger partial charge in [-0.15, -0.1) is 11.3 Å². The normalized spacial score (nSPS) is 12.8. The standard InChI is InChI=1S/C16H20N2O4S2/c1-11-10-13(18-12(2)19)5-6-16(11)24(21,22)17-8-7-14(20)15-4-3-9-23-15/h3-6,9-10,14,17,20H,7-8H2,1-2H3,(H,18,19)/t14-/m1/s1. The number of sulfonamides is 1. The summed E-state index contributed by atoms with van der Waals surface area (Å²) in [4.78, 5) is 12.0. The number of anilines is 1. The summed E-state index contributed by atoms with van der Waals surface area (Å²) < 4.78 is 27.3. The number of hydrogen-bond acceptors (Lipinski definition) is 5. The highest BCUT2D eigenvalue weighted by Crippen LogP contribution is 2.22. The van der Waals surface area contributed by atoms with E-state index in [1.54, 1.807) is 19.1 Å². The van der Waals surface area contributed by atoms with E-state index in [1.165, 1.54) is 24.3 Å². The Bertz CT molecular complexity index is 801. The zero-order valence-corrected chi connectivity index (χ0v) is 15.1. The largest absolute Gasteiger partial charge is 0.388 e. The SMILES string of the molecule is CC(=O)Nc1ccc(S(=O)(=O)NCC[C@@H](O)c2cccs2)c(C)c1. The number of carbonyl (C=O) groups excluding carboxylic acids is 1. The van der Waals surface area contributed by atoms with Crippen LogP contribution in [-0.2, 0) is 14.8 Å². The molecule has 0 fully saturated rings. The van der Waals surface area contributed by atoms with Crippen molar-refractivity contribution in [3.8, 4) is 0 Å². The molecular formula is C16H20N2O4S2. The molecule has 1 amide bonds. The lowest BCUT2D eigenvalue weighted by Crippen LogP contribution is -2.26. The molecular weight excluding hydrogens is 348 g/mol. The molecule has 0 spiro atoms. The van der Waals surface area contributed by atoms with E-state index in [-0.39, 0.29) is 17.3 Å². The molecule has 0 saturated carbocycles. The van der Waals surface area contributed by atoms with Gasteiger partial charge in [0.05, 0.1) is 11.0 Å². The van der Waals surface area contributed by atoms with Crippen molar-refractivity contribution in [2.45, 2.75) is 31.3 Å². The molecule has 0 radical (unpaired) electrons. The second-order valence-corrected chi connectivity index (χ2v) is 8.09. The van der Waals surface area contributed by atoms with Crippen molar-refractivity contribution in [2.75, 3.05) is 11.9 Å². The van der Waals surface area contributed by atoms with Crippen LogP contribution in [0.25, 0.3) is 0 Å². The maximum absolute atomic E-state index is 12.4. The predicted molar refractivity (Wildman–Crippen MR) is 94.6 cm³/mol. The number of aliphatic hydroxyl groups excluding tert-OH is 1. The summed E-state index contributed by atoms with van der Waals surface area (Å²) in [6.45, 7) is 3.19. The van der Waals surface area contributed by atoms with Gasteiger partial charge in [-0.25, -0.2) is 13.1 Å². The summed E-state index contributed by atoms with van der Waals surface area (Å²) in [5.41, 5.74) is 1.08. The lowest BCUT2D eigenvalue weighted by molar-refractivity contribution is -0.114. The molecule has 0 unspecified atom stereocenters. The van der Waals surface area contributed by atoms with Crippen molar-refractivity contribution in [2.24, 2.45) is 0 Å². The molecule has 0 aliphatic rings. The molecule has 0 saturated heterocycles. The first kappa shape index (κ1) is 18.6. The van der Waals surface area contributed by atoms with E-state index in [2.05, 4.69) is 10.0 Å². The van der Waals surface area contributed by atoms with Gasteiger partial charge in [0.25, 0.3) is 0 Å². The van der Waals surface area contributed by atoms with Gasteiger partial charge < -0.3 is 10.4 Å². The molecule has 24 heavy (non-hydrogen) atoms. The number of aryl methyl sites for hydroxylation is 1. The summed E-state index contributed by atoms with van der Waals surface area (Å²) in [5, 5.41) is 14.5. The predicted octanol–water partition coefficient (Wildman–Crippen LogP) is 2.42. The molecule has 1 atom stereocenters. The number of aliphatic hydroxyl groups is 1. The molecule has 1 aromatic heterocycles. The van der Waals surface area contributed by atoms with Crippen LogP contribution in [0.4, 0.5) is 5.69 Å². The Morgan fingerprint density at radius 1 is 1.33 bits per heavy atom. The number of thiophene rings is 1. The number of nitrogens with one attached hydrogen (secondary N) is 2. The van der Waals surface area contributed by atoms with Gasteiger partial charge >= 0.3 is 0 Å². The van der Waals surface area contributed by atoms with Crippen LogP contribution in [0.15, 0.2) is 40.6 Å². The smallest absolute Gasteiger partial charge is 0.240 e. The number of rotatable bonds is 7. The fourth-order valence-corrected chi connectivity index (χ4v) is 4.28. The van der Waals surface area contributed by atoms with Gasteiger partial charge in [-0.2, -0.15) is 0 Å². The van der Waals surface area contributed by atoms with E-state index in [0.717, 1.165) is 4.88 Å². The van der Waals surface area contributed by atoms with Crippen molar-refractivity contribution in [1.82, 2.24) is 4.72 Å². The van der Waals surface area contributed by atoms with Gasteiger partial charge in [0.15, 0.2) is 0 Å². The number of carbonyl (C=O) groups is 1. The molecule has 1 aromatic carbocycles. The Labute approximate surface area is 145 Å². The quantitative estimate of drug-likeness (QED) is 0.699. The molecule has 2 aromatic rings. The molecule has 3 N–H and O–H groups in total. The summed E-state index contributed by atoms with van der Waals surface area (Å²) in [6, 6.07) is 8.26. The Morgan fingerprint density at radius 2 is 2.08 bits per heavy atom. The highest BCUT2D eigenvalue weighted by Gasteiger charge is 2.18. The third-order valence-corrected chi connectivity index (χ3v) is 5.96. The van der Waals surface area contributed by atoms with Gasteiger partial charge in [0.2, 0.25) is 15.9 Å². The fourth-order valence-electron chi connectivity index (χ4n) is 2.26. The maximum atomic E-state index is 12.4. The van der Waals surface area contributed by atoms with Gasteiger partial charge in [0.1, 0.15) is 0 Å². The summed E-state index contributed by atoms with van der Waals surface area (Å²) in [7, 11) is -3.67. The number of hydrogen-bond donors (Lipinski definition) is 3. The summed E-state index contributed by atoms with van der Waals surface area (Å²) >= 11 is 1.43. The van der Waals surface area contributed by atoms with E-state index in [4.69, 9.17) is 0 Å². The minimum absolute atomic E-state index is 0.133. The van der Waals surface area contributed by atoms with Crippen LogP contribution in [-0.4, -0.2) is 26.0 Å². The minimum atomic E-state index is -3.67. The molecule has 0 bridgehead atoms. The van der Waals surface area contributed by atoms with Gasteiger partial charge in [0, 0.05) is 24.0 Å². The lowest BCUT2D eigenvalue weighted by atomic mass is 10.2. The minimum Gasteiger partial charge on any atom is -0.388 e. The molecule has 1 heterocycles. The Kier molecular flexibility index (Phi) is 6.11. The first-order chi connectivity index (χ1) is 11.3. The van der Waals surface area contributed by atoms with E-state index in [9.17, 15) is 18.3 Å². The van der Waals surface area contributed by atoms with Crippen molar-refractivity contribution in [3.05, 3.63) is 46.2 Å². The average Bonchev–Trinajstić information content (AvgIpc) is 3.00. The third-order valence-electron chi connectivity index (χ3n) is 3.37. The second kappa shape index (κ2) is 7.89. The Morgan fingerprint density at radius 3 is 2.67 bits per heavy atom. The van der Waals surface area contributed by atoms with E-state index in [1.807, 2.05) is 17.5 Å². The first-order valence-corrected chi connectivity index (χ1v) is 9.75. The van der Waals surface area contributed by atoms with Crippen LogP contribution in [0.5, 0.6) is 0 Å². The van der Waals surface area contributed by atoms with Crippen molar-refractivity contribution < 1.29 is 18.3 Å². The van der Waals surface area contributed by atoms with Gasteiger partial charge in [-0.1, -0.05) is 6.07 Å². The van der Waals surface area contributed by atoms with E-state index >= 15 is 0 Å². The van der Waals surface area contributed by atoms with E-state index < -0.39 is 16.1 Å². The number of benzene rings is 1. The Balaban J connectivity index is 2.01. The molecule has 0 aliphatic heterocycles. The Hall–Kier alpha value is -1.74. The second-order valence-electron chi connectivity index (χ2n) is 5.38. The van der Waals surface area contributed by atoms with Gasteiger partial charge in [-0.05, 0) is 48.6 Å². The van der Waals surface area contributed by atoms with Crippen LogP contribution < -0.4 is 10.0 Å². The maximum Gasteiger partial charge on any atom is 0.240 e. The lowest BCUT2D eigenvalue weighted by Gasteiger charge is -2.12. The van der Waals surface area contributed by atoms with Crippen LogP contribution >= 0.6 is 11.3 Å². The van der Waals surface area contributed by atoms with Crippen molar-refractivity contribution >= 4 is 33.0 Å². The fraction of sp³-hybridized carbons (Fsp3) is 0.312. The first-order valence-electron chi connectivity index (χ1n) is 7.39. The molecule has 130 valence electrons. The zero-order chi connectivity index (χ0) is 17.7. The zero-order valence-electron chi connectivity index (χ0n) is 13.4. The molecule has 8 heteroatoms. The molecule has 0 aliphatic carbocycles. The summed E-state index contributed by atoms with van der Waals surface area (Å²) in [5.74, 6) is -0.217. The molecule has 2 rings (SSSR count). The van der Waals surface area contributed by atoms with Crippen molar-refractivity contribution in [3.63, 3.8) is 0 Å². The topological polar surface area (TPSA) is 95.5 Å². The monoisotopic (exact) mass is 368 g/mol. The highest BCUT2D eigenvalue weighted by molar-refractivity contribution is 7.89. The third kappa shape index (κ3) is 4.88. The number of amides is 1.